The Morgan fingerprint density at radius 3 is 2.42 bits per heavy atom. The molecule has 0 aliphatic carbocycles. The van der Waals surface area contributed by atoms with Crippen LogP contribution in [-0.2, 0) is 10.2 Å². The van der Waals surface area contributed by atoms with Crippen molar-refractivity contribution in [3.05, 3.63) is 53.1 Å². The van der Waals surface area contributed by atoms with E-state index >= 15 is 0 Å². The van der Waals surface area contributed by atoms with Crippen molar-refractivity contribution < 1.29 is 19.4 Å². The van der Waals surface area contributed by atoms with E-state index in [1.54, 1.807) is 37.1 Å². The molecule has 2 aromatic carbocycles. The van der Waals surface area contributed by atoms with E-state index in [2.05, 4.69) is 24.4 Å². The Labute approximate surface area is 202 Å². The van der Waals surface area contributed by atoms with Crippen molar-refractivity contribution in [1.29, 1.82) is 0 Å². The number of rotatable bonds is 11. The molecule has 2 aromatic rings. The Kier molecular flexibility index (Phi) is 9.84. The van der Waals surface area contributed by atoms with Crippen LogP contribution in [0.15, 0.2) is 41.3 Å². The maximum Gasteiger partial charge on any atom is 0.335 e. The first-order valence-electron chi connectivity index (χ1n) is 11.5. The summed E-state index contributed by atoms with van der Waals surface area (Å²) in [6, 6.07) is 11.1. The average molecular weight is 472 g/mol. The van der Waals surface area contributed by atoms with E-state index in [9.17, 15) is 14.7 Å². The molecule has 5 nitrogen and oxygen atoms in total. The summed E-state index contributed by atoms with van der Waals surface area (Å²) in [6.07, 6.45) is 6.47. The minimum absolute atomic E-state index is 0.0168. The van der Waals surface area contributed by atoms with Crippen LogP contribution in [-0.4, -0.2) is 30.3 Å². The summed E-state index contributed by atoms with van der Waals surface area (Å²) in [5.74, 6) is -0.315. The van der Waals surface area contributed by atoms with Gasteiger partial charge in [0, 0.05) is 17.0 Å². The van der Waals surface area contributed by atoms with Gasteiger partial charge in [0.05, 0.1) is 12.7 Å². The van der Waals surface area contributed by atoms with Gasteiger partial charge in [-0.3, -0.25) is 4.79 Å². The Balaban J connectivity index is 2.34. The monoisotopic (exact) mass is 471 g/mol. The van der Waals surface area contributed by atoms with Crippen LogP contribution in [0.5, 0.6) is 5.75 Å². The highest BCUT2D eigenvalue weighted by molar-refractivity contribution is 7.98. The van der Waals surface area contributed by atoms with Crippen molar-refractivity contribution in [3.63, 3.8) is 0 Å². The zero-order valence-corrected chi connectivity index (χ0v) is 21.5. The number of nitrogens with one attached hydrogen (secondary N) is 1. The molecule has 0 fully saturated rings. The number of benzene rings is 2. The molecule has 33 heavy (non-hydrogen) atoms. The van der Waals surface area contributed by atoms with Crippen LogP contribution < -0.4 is 10.1 Å². The number of methoxy groups -OCH3 is 1. The molecule has 0 aromatic heterocycles. The number of carbonyl (C=O) groups is 2. The molecular weight excluding hydrogens is 434 g/mol. The summed E-state index contributed by atoms with van der Waals surface area (Å²) in [6.45, 7) is 8.30. The Hall–Kier alpha value is -2.47. The number of hydrogen-bond acceptors (Lipinski definition) is 4. The van der Waals surface area contributed by atoms with Gasteiger partial charge in [0.25, 0.3) is 0 Å². The minimum atomic E-state index is -1.01. The molecule has 0 spiro atoms. The number of hydrogen-bond donors (Lipinski definition) is 2. The molecule has 0 saturated carbocycles. The van der Waals surface area contributed by atoms with Gasteiger partial charge in [-0.05, 0) is 59.4 Å². The summed E-state index contributed by atoms with van der Waals surface area (Å²) < 4.78 is 5.67. The first-order chi connectivity index (χ1) is 15.6. The molecule has 0 bridgehead atoms. The summed E-state index contributed by atoms with van der Waals surface area (Å²) in [7, 11) is 1.67. The highest BCUT2D eigenvalue weighted by Crippen LogP contribution is 2.36. The fraction of sp³-hybridized carbons (Fsp3) is 0.481. The minimum Gasteiger partial charge on any atom is -0.496 e. The van der Waals surface area contributed by atoms with Crippen LogP contribution in [0.1, 0.15) is 87.2 Å². The van der Waals surface area contributed by atoms with E-state index in [-0.39, 0.29) is 22.8 Å². The second-order valence-corrected chi connectivity index (χ2v) is 10.2. The predicted molar refractivity (Wildman–Crippen MR) is 137 cm³/mol. The van der Waals surface area contributed by atoms with Crippen LogP contribution >= 0.6 is 11.8 Å². The van der Waals surface area contributed by atoms with Crippen LogP contribution in [0.2, 0.25) is 0 Å². The first kappa shape index (κ1) is 26.8. The van der Waals surface area contributed by atoms with E-state index in [0.29, 0.717) is 12.1 Å². The molecule has 0 saturated heterocycles. The Bertz CT molecular complexity index is 965. The third-order valence-corrected chi connectivity index (χ3v) is 6.54. The van der Waals surface area contributed by atoms with Gasteiger partial charge in [-0.15, -0.1) is 11.8 Å². The van der Waals surface area contributed by atoms with Crippen molar-refractivity contribution in [2.45, 2.75) is 76.0 Å². The number of anilines is 1. The summed E-state index contributed by atoms with van der Waals surface area (Å²) in [5, 5.41) is 12.4. The zero-order valence-electron chi connectivity index (χ0n) is 20.7. The van der Waals surface area contributed by atoms with E-state index in [1.807, 2.05) is 33.1 Å². The lowest BCUT2D eigenvalue weighted by molar-refractivity contribution is -0.116. The lowest BCUT2D eigenvalue weighted by atomic mass is 9.85. The zero-order chi connectivity index (χ0) is 24.6. The predicted octanol–water partition coefficient (Wildman–Crippen LogP) is 7.11. The van der Waals surface area contributed by atoms with Gasteiger partial charge in [-0.2, -0.15) is 0 Å². The van der Waals surface area contributed by atoms with Crippen LogP contribution in [0, 0.1) is 0 Å². The largest absolute Gasteiger partial charge is 0.496 e. The number of carbonyl (C=O) groups excluding carboxylic acids is 1. The van der Waals surface area contributed by atoms with Gasteiger partial charge in [-0.1, -0.05) is 59.1 Å². The highest BCUT2D eigenvalue weighted by Gasteiger charge is 2.24. The third kappa shape index (κ3) is 7.53. The Morgan fingerprint density at radius 1 is 1.12 bits per heavy atom. The molecule has 0 radical (unpaired) electrons. The standard InChI is InChI=1S/C27H37NO4S/c1-7-8-9-10-18(21-13-12-20(33-6)17-24(21)32-5)16-25(29)28-23-15-19(26(30)31)11-14-22(23)27(2,3)4/h11-15,17-18H,7-10,16H2,1-6H3,(H,28,29)(H,30,31). The van der Waals surface area contributed by atoms with Crippen molar-refractivity contribution in [3.8, 4) is 5.75 Å². The SMILES string of the molecule is CCCCCC(CC(=O)Nc1cc(C(=O)O)ccc1C(C)(C)C)c1ccc(SC)cc1OC. The Morgan fingerprint density at radius 2 is 1.85 bits per heavy atom. The number of aromatic carboxylic acids is 1. The number of unbranched alkanes of at least 4 members (excludes halogenated alkanes) is 2. The van der Waals surface area contributed by atoms with Crippen LogP contribution in [0.3, 0.4) is 0 Å². The molecular formula is C27H37NO4S. The number of ether oxygens (including phenoxy) is 1. The quantitative estimate of drug-likeness (QED) is 0.270. The second-order valence-electron chi connectivity index (χ2n) is 9.37. The van der Waals surface area contributed by atoms with E-state index < -0.39 is 5.97 Å². The number of amides is 1. The van der Waals surface area contributed by atoms with Gasteiger partial charge >= 0.3 is 5.97 Å². The third-order valence-electron chi connectivity index (χ3n) is 5.82. The van der Waals surface area contributed by atoms with Crippen LogP contribution in [0.4, 0.5) is 5.69 Å². The second kappa shape index (κ2) is 12.1. The molecule has 2 rings (SSSR count). The number of carboxylic acids is 1. The topological polar surface area (TPSA) is 75.6 Å². The molecule has 0 aliphatic rings. The van der Waals surface area contributed by atoms with Crippen molar-refractivity contribution in [2.75, 3.05) is 18.7 Å². The van der Waals surface area contributed by atoms with E-state index in [0.717, 1.165) is 47.5 Å². The average Bonchev–Trinajstić information content (AvgIpc) is 2.77. The molecule has 1 unspecified atom stereocenters. The van der Waals surface area contributed by atoms with Gasteiger partial charge in [0.2, 0.25) is 5.91 Å². The first-order valence-corrected chi connectivity index (χ1v) is 12.7. The summed E-state index contributed by atoms with van der Waals surface area (Å²) >= 11 is 1.66. The summed E-state index contributed by atoms with van der Waals surface area (Å²) in [4.78, 5) is 25.8. The molecule has 1 atom stereocenters. The fourth-order valence-electron chi connectivity index (χ4n) is 4.02. The molecule has 180 valence electrons. The lowest BCUT2D eigenvalue weighted by Gasteiger charge is -2.25. The summed E-state index contributed by atoms with van der Waals surface area (Å²) in [5.41, 5.74) is 2.43. The van der Waals surface area contributed by atoms with E-state index in [1.165, 1.54) is 0 Å². The van der Waals surface area contributed by atoms with Gasteiger partial charge < -0.3 is 15.2 Å². The van der Waals surface area contributed by atoms with Crippen molar-refractivity contribution in [1.82, 2.24) is 0 Å². The lowest BCUT2D eigenvalue weighted by Crippen LogP contribution is -2.21. The van der Waals surface area contributed by atoms with Crippen molar-refractivity contribution >= 4 is 29.3 Å². The maximum absolute atomic E-state index is 13.2. The van der Waals surface area contributed by atoms with Gasteiger partial charge in [-0.25, -0.2) is 4.79 Å². The number of carboxylic acid groups (broad SMARTS) is 1. The molecule has 1 amide bonds. The fourth-order valence-corrected chi connectivity index (χ4v) is 4.45. The van der Waals surface area contributed by atoms with Crippen molar-refractivity contribution in [2.24, 2.45) is 0 Å². The van der Waals surface area contributed by atoms with Gasteiger partial charge in [0.15, 0.2) is 0 Å². The highest BCUT2D eigenvalue weighted by atomic mass is 32.2. The van der Waals surface area contributed by atoms with E-state index in [4.69, 9.17) is 4.74 Å². The number of thioether (sulfide) groups is 1. The normalized spacial score (nSPS) is 12.3. The molecule has 0 heterocycles. The maximum atomic E-state index is 13.2. The van der Waals surface area contributed by atoms with Gasteiger partial charge in [0.1, 0.15) is 5.75 Å². The molecule has 2 N–H and O–H groups in total. The van der Waals surface area contributed by atoms with Crippen LogP contribution in [0.25, 0.3) is 0 Å². The molecule has 0 aliphatic heterocycles. The molecule has 6 heteroatoms. The smallest absolute Gasteiger partial charge is 0.335 e.